The molecule has 2 rings (SSSR count). The van der Waals surface area contributed by atoms with Crippen LogP contribution >= 0.6 is 0 Å². The normalized spacial score (nSPS) is 10.1. The van der Waals surface area contributed by atoms with E-state index in [1.807, 2.05) is 0 Å². The van der Waals surface area contributed by atoms with Crippen LogP contribution in [-0.2, 0) is 0 Å². The van der Waals surface area contributed by atoms with Gasteiger partial charge in [-0.2, -0.15) is 0 Å². The van der Waals surface area contributed by atoms with E-state index in [0.717, 1.165) is 30.3 Å². The van der Waals surface area contributed by atoms with Crippen molar-refractivity contribution < 1.29 is 24.0 Å². The van der Waals surface area contributed by atoms with Gasteiger partial charge in [-0.1, -0.05) is 0 Å². The molecule has 1 N–H and O–H groups in total. The average molecular weight is 279 g/mol. The number of carbonyl (C=O) groups is 1. The van der Waals surface area contributed by atoms with Crippen molar-refractivity contribution in [3.8, 4) is 11.6 Å². The average Bonchev–Trinajstić information content (AvgIpc) is 2.39. The Labute approximate surface area is 110 Å². The lowest BCUT2D eigenvalue weighted by atomic mass is 10.3. The summed E-state index contributed by atoms with van der Waals surface area (Å²) in [4.78, 5) is 20.6. The predicted molar refractivity (Wildman–Crippen MR) is 62.1 cm³/mol. The smallest absolute Gasteiger partial charge is 0.356 e. The van der Waals surface area contributed by atoms with Crippen LogP contribution in [0.3, 0.4) is 0 Å². The number of hydrogen-bond acceptors (Lipinski definition) is 6. The molecule has 0 amide bonds. The van der Waals surface area contributed by atoms with Crippen molar-refractivity contribution >= 4 is 11.7 Å². The van der Waals surface area contributed by atoms with Crippen LogP contribution < -0.4 is 4.74 Å². The zero-order valence-corrected chi connectivity index (χ0v) is 9.69. The molecule has 1 aromatic heterocycles. The molecule has 1 heterocycles. The molecular weight excluding hydrogens is 273 g/mol. The van der Waals surface area contributed by atoms with Crippen molar-refractivity contribution in [3.05, 3.63) is 52.0 Å². The highest BCUT2D eigenvalue weighted by atomic mass is 19.1. The van der Waals surface area contributed by atoms with Gasteiger partial charge in [-0.05, 0) is 12.1 Å². The van der Waals surface area contributed by atoms with E-state index in [-0.39, 0.29) is 17.3 Å². The second-order valence-electron chi connectivity index (χ2n) is 3.53. The molecule has 0 saturated heterocycles. The van der Waals surface area contributed by atoms with Gasteiger partial charge in [-0.3, -0.25) is 10.1 Å². The summed E-state index contributed by atoms with van der Waals surface area (Å²) >= 11 is 0. The standard InChI is InChI=1S/C11H6FN3O5/c12-6-1-3-8(15(18)19)9(5-6)20-10-4-2-7(11(16)17)13-14-10/h1-5H,(H,16,17). The Balaban J connectivity index is 2.31. The highest BCUT2D eigenvalue weighted by Gasteiger charge is 2.17. The molecular formula is C11H6FN3O5. The first-order chi connectivity index (χ1) is 9.47. The SMILES string of the molecule is O=C(O)c1ccc(Oc2cc(F)ccc2[N+](=O)[O-])nn1. The number of ether oxygens (including phenoxy) is 1. The number of hydrogen-bond donors (Lipinski definition) is 1. The summed E-state index contributed by atoms with van der Waals surface area (Å²) in [5.74, 6) is -2.54. The Hall–Kier alpha value is -3.10. The zero-order chi connectivity index (χ0) is 14.7. The molecule has 0 aliphatic carbocycles. The topological polar surface area (TPSA) is 115 Å². The van der Waals surface area contributed by atoms with Crippen LogP contribution in [0.5, 0.6) is 11.6 Å². The Kier molecular flexibility index (Phi) is 3.51. The fourth-order valence-electron chi connectivity index (χ4n) is 1.32. The summed E-state index contributed by atoms with van der Waals surface area (Å²) in [6, 6.07) is 4.96. The van der Waals surface area contributed by atoms with Gasteiger partial charge in [0.1, 0.15) is 5.82 Å². The van der Waals surface area contributed by atoms with Crippen molar-refractivity contribution in [2.45, 2.75) is 0 Å². The maximum atomic E-state index is 13.1. The molecule has 8 nitrogen and oxygen atoms in total. The Morgan fingerprint density at radius 1 is 1.30 bits per heavy atom. The van der Waals surface area contributed by atoms with Crippen LogP contribution in [-0.4, -0.2) is 26.2 Å². The molecule has 20 heavy (non-hydrogen) atoms. The minimum absolute atomic E-state index is 0.191. The molecule has 2 aromatic rings. The minimum Gasteiger partial charge on any atom is -0.476 e. The number of carboxylic acid groups (broad SMARTS) is 1. The summed E-state index contributed by atoms with van der Waals surface area (Å²) in [7, 11) is 0. The van der Waals surface area contributed by atoms with Crippen LogP contribution in [0, 0.1) is 15.9 Å². The Morgan fingerprint density at radius 2 is 2.05 bits per heavy atom. The van der Waals surface area contributed by atoms with Gasteiger partial charge in [-0.25, -0.2) is 9.18 Å². The highest BCUT2D eigenvalue weighted by Crippen LogP contribution is 2.30. The first-order valence-corrected chi connectivity index (χ1v) is 5.16. The third kappa shape index (κ3) is 2.83. The molecule has 0 unspecified atom stereocenters. The number of benzene rings is 1. The third-order valence-corrected chi connectivity index (χ3v) is 2.19. The fourth-order valence-corrected chi connectivity index (χ4v) is 1.32. The van der Waals surface area contributed by atoms with Crippen molar-refractivity contribution in [2.24, 2.45) is 0 Å². The Bertz CT molecular complexity index is 674. The van der Waals surface area contributed by atoms with Crippen LogP contribution in [0.2, 0.25) is 0 Å². The van der Waals surface area contributed by atoms with Gasteiger partial charge < -0.3 is 9.84 Å². The molecule has 0 saturated carbocycles. The van der Waals surface area contributed by atoms with E-state index in [2.05, 4.69) is 10.2 Å². The number of aromatic nitrogens is 2. The maximum Gasteiger partial charge on any atom is 0.356 e. The summed E-state index contributed by atoms with van der Waals surface area (Å²) in [6.45, 7) is 0. The lowest BCUT2D eigenvalue weighted by Crippen LogP contribution is -2.02. The second-order valence-corrected chi connectivity index (χ2v) is 3.53. The number of rotatable bonds is 4. The van der Waals surface area contributed by atoms with Gasteiger partial charge in [0, 0.05) is 18.2 Å². The van der Waals surface area contributed by atoms with E-state index >= 15 is 0 Å². The molecule has 102 valence electrons. The molecule has 0 spiro atoms. The Morgan fingerprint density at radius 3 is 2.60 bits per heavy atom. The van der Waals surface area contributed by atoms with E-state index in [1.165, 1.54) is 0 Å². The molecule has 9 heteroatoms. The lowest BCUT2D eigenvalue weighted by Gasteiger charge is -2.04. The summed E-state index contributed by atoms with van der Waals surface area (Å²) in [6.07, 6.45) is 0. The summed E-state index contributed by atoms with van der Waals surface area (Å²) < 4.78 is 18.1. The van der Waals surface area contributed by atoms with Crippen molar-refractivity contribution in [1.82, 2.24) is 10.2 Å². The van der Waals surface area contributed by atoms with Crippen LogP contribution in [0.15, 0.2) is 30.3 Å². The molecule has 0 atom stereocenters. The maximum absolute atomic E-state index is 13.1. The molecule has 0 aliphatic heterocycles. The van der Waals surface area contributed by atoms with E-state index in [4.69, 9.17) is 9.84 Å². The summed E-state index contributed by atoms with van der Waals surface area (Å²) in [5.41, 5.74) is -0.762. The number of carboxylic acids is 1. The van der Waals surface area contributed by atoms with Gasteiger partial charge in [0.2, 0.25) is 11.6 Å². The van der Waals surface area contributed by atoms with Gasteiger partial charge in [0.15, 0.2) is 5.69 Å². The molecule has 0 radical (unpaired) electrons. The van der Waals surface area contributed by atoms with E-state index in [0.29, 0.717) is 0 Å². The van der Waals surface area contributed by atoms with E-state index < -0.39 is 22.4 Å². The van der Waals surface area contributed by atoms with Crippen molar-refractivity contribution in [1.29, 1.82) is 0 Å². The van der Waals surface area contributed by atoms with Crippen LogP contribution in [0.1, 0.15) is 10.5 Å². The first kappa shape index (κ1) is 13.3. The van der Waals surface area contributed by atoms with Crippen molar-refractivity contribution in [3.63, 3.8) is 0 Å². The van der Waals surface area contributed by atoms with Gasteiger partial charge in [0.25, 0.3) is 0 Å². The number of aromatic carboxylic acids is 1. The van der Waals surface area contributed by atoms with Gasteiger partial charge in [-0.15, -0.1) is 10.2 Å². The van der Waals surface area contributed by atoms with Gasteiger partial charge in [0.05, 0.1) is 4.92 Å². The monoisotopic (exact) mass is 279 g/mol. The zero-order valence-electron chi connectivity index (χ0n) is 9.69. The highest BCUT2D eigenvalue weighted by molar-refractivity contribution is 5.84. The predicted octanol–water partition coefficient (Wildman–Crippen LogP) is 2.01. The number of nitro groups is 1. The molecule has 0 bridgehead atoms. The fraction of sp³-hybridized carbons (Fsp3) is 0. The summed E-state index contributed by atoms with van der Waals surface area (Å²) in [5, 5.41) is 26.2. The number of nitro benzene ring substituents is 1. The molecule has 1 aromatic carbocycles. The van der Waals surface area contributed by atoms with Crippen molar-refractivity contribution in [2.75, 3.05) is 0 Å². The molecule has 0 aliphatic rings. The van der Waals surface area contributed by atoms with Gasteiger partial charge >= 0.3 is 11.7 Å². The van der Waals surface area contributed by atoms with Crippen LogP contribution in [0.4, 0.5) is 10.1 Å². The lowest BCUT2D eigenvalue weighted by molar-refractivity contribution is -0.385. The number of halogens is 1. The third-order valence-electron chi connectivity index (χ3n) is 2.19. The molecule has 0 fully saturated rings. The first-order valence-electron chi connectivity index (χ1n) is 5.16. The second kappa shape index (κ2) is 5.26. The largest absolute Gasteiger partial charge is 0.476 e. The van der Waals surface area contributed by atoms with E-state index in [1.54, 1.807) is 0 Å². The van der Waals surface area contributed by atoms with Crippen LogP contribution in [0.25, 0.3) is 0 Å². The minimum atomic E-state index is -1.28. The van der Waals surface area contributed by atoms with E-state index in [9.17, 15) is 19.3 Å². The number of nitrogens with zero attached hydrogens (tertiary/aromatic N) is 3. The quantitative estimate of drug-likeness (QED) is 0.672.